The molecule has 8 rings (SSSR count). The monoisotopic (exact) mass is 1130 g/mol. The summed E-state index contributed by atoms with van der Waals surface area (Å²) in [4.78, 5) is 32.9. The molecule has 2 unspecified atom stereocenters. The van der Waals surface area contributed by atoms with Crippen LogP contribution in [0.5, 0.6) is 0 Å². The van der Waals surface area contributed by atoms with Crippen molar-refractivity contribution in [3.8, 4) is 43.1 Å². The predicted octanol–water partition coefficient (Wildman–Crippen LogP) is -2.34. The van der Waals surface area contributed by atoms with E-state index in [4.69, 9.17) is 66.5 Å². The number of ether oxygens (including phenoxy) is 4. The van der Waals surface area contributed by atoms with Crippen LogP contribution in [0.2, 0.25) is 0 Å². The van der Waals surface area contributed by atoms with E-state index in [0.29, 0.717) is 29.7 Å². The maximum atomic E-state index is 11.3. The van der Waals surface area contributed by atoms with Gasteiger partial charge >= 0.3 is 0 Å². The number of nitrogens with one attached hydrogen (secondary N) is 3. The van der Waals surface area contributed by atoms with Crippen molar-refractivity contribution in [2.75, 3.05) is 26.4 Å². The Bertz CT molecular complexity index is 2760. The summed E-state index contributed by atoms with van der Waals surface area (Å²) in [6.45, 7) is 20.3. The molecule has 0 saturated carbocycles. The van der Waals surface area contributed by atoms with E-state index in [9.17, 15) is 50.4 Å². The van der Waals surface area contributed by atoms with Crippen molar-refractivity contribution >= 4 is 29.3 Å². The van der Waals surface area contributed by atoms with Crippen LogP contribution in [0.1, 0.15) is 20.3 Å². The lowest BCUT2D eigenvalue weighted by Gasteiger charge is -2.36. The Morgan fingerprint density at radius 3 is 1.57 bits per heavy atom. The largest absolute Gasteiger partial charge is 0.392 e. The molecule has 0 bridgehead atoms. The van der Waals surface area contributed by atoms with Gasteiger partial charge in [-0.15, -0.1) is 25.8 Å². The molecule has 15 N–H and O–H groups in total. The molecular formula is C54H68ClN11O14. The molecule has 17 atom stereocenters. The number of terminal acetylenes is 3. The van der Waals surface area contributed by atoms with E-state index in [0.717, 1.165) is 0 Å². The molecule has 2 amide bonds. The summed E-state index contributed by atoms with van der Waals surface area (Å²) in [5, 5.41) is 96.0. The minimum absolute atomic E-state index is 0.240. The molecule has 80 heavy (non-hydrogen) atoms. The average Bonchev–Trinajstić information content (AvgIpc) is 4.12. The van der Waals surface area contributed by atoms with Gasteiger partial charge in [0.25, 0.3) is 11.8 Å². The van der Waals surface area contributed by atoms with E-state index >= 15 is 0 Å². The predicted molar refractivity (Wildman–Crippen MR) is 290 cm³/mol. The van der Waals surface area contributed by atoms with Crippen molar-refractivity contribution in [2.45, 2.75) is 98.2 Å². The number of amides is 2. The Hall–Kier alpha value is -7.25. The quantitative estimate of drug-likeness (QED) is 0.0762. The summed E-state index contributed by atoms with van der Waals surface area (Å²) >= 11 is 5.60. The first kappa shape index (κ1) is 63.6. The van der Waals surface area contributed by atoms with Crippen molar-refractivity contribution in [2.24, 2.45) is 40.1 Å². The van der Waals surface area contributed by atoms with E-state index in [1.165, 1.54) is 52.0 Å². The van der Waals surface area contributed by atoms with Crippen molar-refractivity contribution in [1.29, 1.82) is 5.26 Å². The number of hydrogen-bond donors (Lipinski definition) is 13. The van der Waals surface area contributed by atoms with Gasteiger partial charge in [0.05, 0.1) is 44.4 Å². The number of carbonyl (C=O) groups excluding carboxylic acids is 2. The van der Waals surface area contributed by atoms with E-state index in [2.05, 4.69) is 71.6 Å². The Morgan fingerprint density at radius 1 is 0.713 bits per heavy atom. The molecule has 0 aromatic rings. The molecular weight excluding hydrogens is 1060 g/mol. The van der Waals surface area contributed by atoms with Gasteiger partial charge in [-0.3, -0.25) is 9.59 Å². The minimum Gasteiger partial charge on any atom is -0.392 e. The zero-order valence-electron chi connectivity index (χ0n) is 43.9. The zero-order chi connectivity index (χ0) is 59.7. The number of rotatable bonds is 11. The maximum Gasteiger partial charge on any atom is 0.250 e. The van der Waals surface area contributed by atoms with Gasteiger partial charge in [0, 0.05) is 54.3 Å². The summed E-state index contributed by atoms with van der Waals surface area (Å²) in [6, 6.07) is 1.84. The number of aliphatic hydroxyl groups excluding tert-OH is 8. The molecule has 0 aliphatic carbocycles. The van der Waals surface area contributed by atoms with E-state index in [-0.39, 0.29) is 29.7 Å². The topological polar surface area (TPSA) is 370 Å². The number of nitriles is 1. The summed E-state index contributed by atoms with van der Waals surface area (Å²) in [6.07, 6.45) is 24.9. The standard InChI is InChI=1S/C14H15ClN2O4.C14H21N3O3.C14H16N2O4.C12H16N4O3/c1-3-14(8-18)12(20)10(4-6-15)13(21-14)17-7-5-11(19)16-9(17)2;1-4-10-12(19)14(5-2,8-18)20-13(10)17-7-6-11(15)16-9(17)3;1-4-10-12(19)14(5-2,8-17)20-13(10)16-7-6-11(18)15-9(16)3;1-7-10(18)12(5-13,6-17)19-11(7)16-4-3-9(14)15-8(16)2/h1,4-7,10,12-13,18,20H,2,8H2,(H,16,19);2,6-7,10-13,16,18-19H,3-4,8,15H2,1H3;2,4,6-7,10,12-13,17,19H,1,3,8H2,(H,15,18);3-4,7,10-11,17-18H,2,6H2,1H3,(H2,14,15)/t10-,12-,13+,14+;10-,11?,12-,13+,14+;10-,12-,13+,14+;7-,10-,11+,12?/m0000/s1. The average molecular weight is 1130 g/mol. The summed E-state index contributed by atoms with van der Waals surface area (Å²) < 4.78 is 22.7. The summed E-state index contributed by atoms with van der Waals surface area (Å²) in [5.41, 5.74) is 6.49. The lowest BCUT2D eigenvalue weighted by Crippen LogP contribution is -2.48. The van der Waals surface area contributed by atoms with Gasteiger partial charge in [-0.05, 0) is 18.6 Å². The Kier molecular flexibility index (Phi) is 20.9. The number of nitrogens with two attached hydrogens (primary N) is 2. The normalized spacial score (nSPS) is 37.9. The van der Waals surface area contributed by atoms with Gasteiger partial charge in [0.2, 0.25) is 5.60 Å². The number of carbonyl (C=O) groups is 2. The fourth-order valence-corrected chi connectivity index (χ4v) is 9.83. The highest BCUT2D eigenvalue weighted by Crippen LogP contribution is 2.43. The van der Waals surface area contributed by atoms with Gasteiger partial charge in [0.15, 0.2) is 16.8 Å². The molecule has 430 valence electrons. The fraction of sp³-hybridized carbons (Fsp3) is 0.444. The Balaban J connectivity index is 0.000000196. The lowest BCUT2D eigenvalue weighted by atomic mass is 9.89. The van der Waals surface area contributed by atoms with Crippen LogP contribution in [-0.4, -0.2) is 182 Å². The molecule has 4 fully saturated rings. The third kappa shape index (κ3) is 12.2. The molecule has 0 aromatic heterocycles. The number of hydrogen-bond acceptors (Lipinski definition) is 23. The molecule has 0 spiro atoms. The van der Waals surface area contributed by atoms with Crippen LogP contribution in [-0.2, 0) is 28.5 Å². The SMILES string of the molecule is C#C[C@]1(CO)O[C@@H](N2C=CC(=O)NC2=C)[C@@H](C=C)[C@@H]1O.C#C[C@]1(CO)O[C@@H](N2C=CC(=O)NC2=C)[C@@H](C=CCl)[C@@H]1O.C#C[C@]1(CO)O[C@@H](N2C=CC(N)NC2=C)[C@@H](CC)[C@@H]1O.C=C1N=C(N)C=CN1[C@@H]1OC(C#N)(CO)[C@@H](O)[C@@H]1C. The maximum absolute atomic E-state index is 11.3. The number of aliphatic imine (C=N–C) groups is 1. The van der Waals surface area contributed by atoms with Crippen LogP contribution in [0.3, 0.4) is 0 Å². The van der Waals surface area contributed by atoms with Crippen LogP contribution < -0.4 is 27.4 Å². The van der Waals surface area contributed by atoms with Crippen LogP contribution >= 0.6 is 11.6 Å². The highest BCUT2D eigenvalue weighted by atomic mass is 35.5. The molecule has 0 radical (unpaired) electrons. The number of halogens is 1. The van der Waals surface area contributed by atoms with Gasteiger partial charge in [0.1, 0.15) is 84.5 Å². The molecule has 8 heterocycles. The van der Waals surface area contributed by atoms with Gasteiger partial charge in [-0.25, -0.2) is 4.99 Å². The Morgan fingerprint density at radius 2 is 1.16 bits per heavy atom. The highest BCUT2D eigenvalue weighted by molar-refractivity contribution is 6.25. The molecule has 0 aromatic carbocycles. The summed E-state index contributed by atoms with van der Waals surface area (Å²) in [5.74, 6) is 6.38. The van der Waals surface area contributed by atoms with Gasteiger partial charge in [-0.1, -0.05) is 81.7 Å². The number of nitrogens with zero attached hydrogens (tertiary/aromatic N) is 6. The van der Waals surface area contributed by atoms with E-state index < -0.39 is 116 Å². The highest BCUT2D eigenvalue weighted by Gasteiger charge is 2.58. The first-order chi connectivity index (χ1) is 37.9. The van der Waals surface area contributed by atoms with Crippen LogP contribution in [0.4, 0.5) is 0 Å². The van der Waals surface area contributed by atoms with Crippen molar-refractivity contribution in [3.63, 3.8) is 0 Å². The van der Waals surface area contributed by atoms with Crippen molar-refractivity contribution in [3.05, 3.63) is 123 Å². The third-order valence-corrected chi connectivity index (χ3v) is 14.5. The van der Waals surface area contributed by atoms with Gasteiger partial charge < -0.3 is 107 Å². The molecule has 4 saturated heterocycles. The molecule has 8 aliphatic heterocycles. The second-order valence-corrected chi connectivity index (χ2v) is 19.3. The summed E-state index contributed by atoms with van der Waals surface area (Å²) in [7, 11) is 0. The first-order valence-corrected chi connectivity index (χ1v) is 25.1. The molecule has 8 aliphatic rings. The second kappa shape index (κ2) is 26.3. The van der Waals surface area contributed by atoms with Crippen LogP contribution in [0.25, 0.3) is 0 Å². The smallest absolute Gasteiger partial charge is 0.250 e. The van der Waals surface area contributed by atoms with Gasteiger partial charge in [-0.2, -0.15) is 5.26 Å². The zero-order valence-corrected chi connectivity index (χ0v) is 44.7. The minimum atomic E-state index is -1.62. The molecule has 26 heteroatoms. The molecule has 25 nitrogen and oxygen atoms in total. The van der Waals surface area contributed by atoms with Crippen molar-refractivity contribution < 1.29 is 69.4 Å². The number of aliphatic hydroxyl groups is 8. The fourth-order valence-electron chi connectivity index (χ4n) is 9.66. The van der Waals surface area contributed by atoms with Crippen molar-refractivity contribution in [1.82, 2.24) is 35.6 Å². The van der Waals surface area contributed by atoms with E-state index in [1.807, 2.05) is 13.0 Å². The third-order valence-electron chi connectivity index (χ3n) is 14.3. The van der Waals surface area contributed by atoms with E-state index in [1.54, 1.807) is 41.3 Å². The number of amidine groups is 1. The second-order valence-electron chi connectivity index (χ2n) is 19.0. The van der Waals surface area contributed by atoms with Crippen LogP contribution in [0, 0.1) is 72.0 Å². The Labute approximate surface area is 468 Å². The first-order valence-electron chi connectivity index (χ1n) is 24.6. The van der Waals surface area contributed by atoms with Crippen LogP contribution in [0.15, 0.2) is 128 Å². The lowest BCUT2D eigenvalue weighted by molar-refractivity contribution is -0.120.